The number of ketones is 3. The van der Waals surface area contributed by atoms with E-state index in [4.69, 9.17) is 9.15 Å². The fourth-order valence-corrected chi connectivity index (χ4v) is 4.44. The van der Waals surface area contributed by atoms with Crippen molar-refractivity contribution in [2.75, 3.05) is 0 Å². The topological polar surface area (TPSA) is 128 Å². The van der Waals surface area contributed by atoms with Crippen LogP contribution in [-0.2, 0) is 23.9 Å². The average molecular weight is 507 g/mol. The Bertz CT molecular complexity index is 1010. The molecule has 0 unspecified atom stereocenters. The van der Waals surface area contributed by atoms with E-state index in [1.54, 1.807) is 55.4 Å². The van der Waals surface area contributed by atoms with Crippen LogP contribution in [-0.4, -0.2) is 40.6 Å². The second-order valence-electron chi connectivity index (χ2n) is 9.91. The smallest absolute Gasteiger partial charge is 0.311 e. The number of esters is 1. The van der Waals surface area contributed by atoms with Gasteiger partial charge in [-0.15, -0.1) is 0 Å². The Morgan fingerprint density at radius 2 is 1.28 bits per heavy atom. The molecular weight excluding hydrogens is 464 g/mol. The van der Waals surface area contributed by atoms with E-state index in [1.165, 1.54) is 13.8 Å². The number of hydrogen-bond donors (Lipinski definition) is 1. The number of Topliss-reactive ketones (excluding diaryl/α,β-unsaturated/α-hetero) is 3. The monoisotopic (exact) mass is 506 g/mol. The van der Waals surface area contributed by atoms with Gasteiger partial charge >= 0.3 is 5.97 Å². The molecule has 0 aliphatic rings. The van der Waals surface area contributed by atoms with Crippen molar-refractivity contribution in [3.8, 4) is 0 Å². The van der Waals surface area contributed by atoms with Gasteiger partial charge in [0.15, 0.2) is 5.43 Å². The number of carbonyl (C=O) groups excluding carboxylic acids is 4. The lowest BCUT2D eigenvalue weighted by Crippen LogP contribution is -2.43. The van der Waals surface area contributed by atoms with Gasteiger partial charge in [-0.25, -0.2) is 0 Å². The Hall–Kier alpha value is -2.61. The Balaban J connectivity index is 3.12. The number of carbonyl (C=O) groups is 4. The lowest BCUT2D eigenvalue weighted by atomic mass is 9.83. The largest absolute Gasteiger partial charge is 0.465 e. The summed E-state index contributed by atoms with van der Waals surface area (Å²) in [4.78, 5) is 63.3. The third-order valence-corrected chi connectivity index (χ3v) is 7.46. The number of ether oxygens (including phenoxy) is 1. The molecule has 36 heavy (non-hydrogen) atoms. The van der Waals surface area contributed by atoms with Crippen molar-refractivity contribution in [3.63, 3.8) is 0 Å². The zero-order valence-corrected chi connectivity index (χ0v) is 23.3. The number of aliphatic hydroxyl groups excluding tert-OH is 1. The lowest BCUT2D eigenvalue weighted by molar-refractivity contribution is -0.166. The van der Waals surface area contributed by atoms with Gasteiger partial charge in [-0.3, -0.25) is 24.0 Å². The van der Waals surface area contributed by atoms with Gasteiger partial charge in [0, 0.05) is 29.9 Å². The van der Waals surface area contributed by atoms with E-state index in [9.17, 15) is 29.1 Å². The lowest BCUT2D eigenvalue weighted by Gasteiger charge is -2.31. The van der Waals surface area contributed by atoms with Crippen LogP contribution in [0.5, 0.6) is 0 Å². The molecule has 1 N–H and O–H groups in total. The standard InChI is InChI=1S/C28H42O8/c1-11-21(29)14(4)26(15(5)22(30)12-2)36-28(34)19(9)25(33)16(6)24(32)18(8)27-17(7)23(31)13(3)20(10)35-27/h14-16,18-19,25-26,33H,11-12H2,1-10H3/t14-,15-,16+,18+,19+,25+/m1/s1. The summed E-state index contributed by atoms with van der Waals surface area (Å²) in [6, 6.07) is 0. The molecule has 0 aliphatic heterocycles. The molecule has 1 rings (SSSR count). The van der Waals surface area contributed by atoms with Crippen LogP contribution in [0.25, 0.3) is 0 Å². The van der Waals surface area contributed by atoms with E-state index in [2.05, 4.69) is 0 Å². The average Bonchev–Trinajstić information content (AvgIpc) is 2.88. The number of aryl methyl sites for hydroxylation is 1. The molecule has 0 saturated carbocycles. The molecule has 0 radical (unpaired) electrons. The summed E-state index contributed by atoms with van der Waals surface area (Å²) in [5.74, 6) is -5.08. The SMILES string of the molecule is CCC(=O)[C@@H](C)C(OC(=O)[C@@H](C)[C@@H](O)[C@@H](C)C(=O)[C@H](C)c1oc(C)c(C)c(=O)c1C)[C@H](C)C(=O)CC. The molecule has 6 atom stereocenters. The summed E-state index contributed by atoms with van der Waals surface area (Å²) in [5.41, 5.74) is 0.609. The van der Waals surface area contributed by atoms with E-state index in [0.717, 1.165) is 0 Å². The second-order valence-corrected chi connectivity index (χ2v) is 9.91. The Kier molecular flexibility index (Phi) is 11.4. The van der Waals surface area contributed by atoms with E-state index >= 15 is 0 Å². The molecule has 8 nitrogen and oxygen atoms in total. The minimum absolute atomic E-state index is 0.139. The Labute approximate surface area is 213 Å². The first-order chi connectivity index (χ1) is 16.6. The van der Waals surface area contributed by atoms with Gasteiger partial charge < -0.3 is 14.3 Å². The van der Waals surface area contributed by atoms with Crippen molar-refractivity contribution >= 4 is 23.3 Å². The van der Waals surface area contributed by atoms with Crippen LogP contribution in [0, 0.1) is 44.4 Å². The minimum atomic E-state index is -1.39. The van der Waals surface area contributed by atoms with Gasteiger partial charge in [0.05, 0.1) is 29.8 Å². The Morgan fingerprint density at radius 3 is 1.72 bits per heavy atom. The van der Waals surface area contributed by atoms with Crippen molar-refractivity contribution in [1.29, 1.82) is 0 Å². The summed E-state index contributed by atoms with van der Waals surface area (Å²) in [7, 11) is 0. The van der Waals surface area contributed by atoms with Crippen LogP contribution >= 0.6 is 0 Å². The zero-order chi connectivity index (χ0) is 28.1. The van der Waals surface area contributed by atoms with Gasteiger partial charge in [0.25, 0.3) is 0 Å². The maximum atomic E-state index is 13.2. The molecule has 0 saturated heterocycles. The maximum Gasteiger partial charge on any atom is 0.311 e. The molecular formula is C28H42O8. The van der Waals surface area contributed by atoms with E-state index < -0.39 is 53.6 Å². The first-order valence-electron chi connectivity index (χ1n) is 12.7. The minimum Gasteiger partial charge on any atom is -0.465 e. The third kappa shape index (κ3) is 6.78. The molecule has 1 aromatic rings. The second kappa shape index (κ2) is 13.1. The van der Waals surface area contributed by atoms with Crippen molar-refractivity contribution in [2.24, 2.45) is 23.7 Å². The molecule has 0 aliphatic carbocycles. The first kappa shape index (κ1) is 31.4. The highest BCUT2D eigenvalue weighted by Crippen LogP contribution is 2.28. The highest BCUT2D eigenvalue weighted by atomic mass is 16.5. The summed E-state index contributed by atoms with van der Waals surface area (Å²) >= 11 is 0. The van der Waals surface area contributed by atoms with Crippen LogP contribution in [0.15, 0.2) is 9.21 Å². The van der Waals surface area contributed by atoms with Crippen LogP contribution in [0.4, 0.5) is 0 Å². The van der Waals surface area contributed by atoms with Crippen molar-refractivity contribution in [3.05, 3.63) is 32.9 Å². The predicted molar refractivity (Wildman–Crippen MR) is 136 cm³/mol. The molecule has 0 spiro atoms. The number of rotatable bonds is 13. The normalized spacial score (nSPS) is 16.6. The van der Waals surface area contributed by atoms with Gasteiger partial charge in [-0.1, -0.05) is 34.6 Å². The fourth-order valence-electron chi connectivity index (χ4n) is 4.44. The first-order valence-corrected chi connectivity index (χ1v) is 12.7. The van der Waals surface area contributed by atoms with E-state index in [1.807, 2.05) is 0 Å². The molecule has 0 fully saturated rings. The molecule has 0 bridgehead atoms. The summed E-state index contributed by atoms with van der Waals surface area (Å²) < 4.78 is 11.4. The highest BCUT2D eigenvalue weighted by molar-refractivity contribution is 5.88. The van der Waals surface area contributed by atoms with Crippen LogP contribution in [0.2, 0.25) is 0 Å². The van der Waals surface area contributed by atoms with Gasteiger partial charge in [0.2, 0.25) is 0 Å². The van der Waals surface area contributed by atoms with Crippen molar-refractivity contribution in [1.82, 2.24) is 0 Å². The summed E-state index contributed by atoms with van der Waals surface area (Å²) in [6.07, 6.45) is -1.89. The van der Waals surface area contributed by atoms with Crippen LogP contribution < -0.4 is 5.43 Å². The number of hydrogen-bond acceptors (Lipinski definition) is 8. The van der Waals surface area contributed by atoms with Crippen molar-refractivity contribution < 1.29 is 33.4 Å². The van der Waals surface area contributed by atoms with Gasteiger partial charge in [0.1, 0.15) is 35.0 Å². The maximum absolute atomic E-state index is 13.2. The van der Waals surface area contributed by atoms with Crippen LogP contribution in [0.1, 0.15) is 89.9 Å². The third-order valence-electron chi connectivity index (χ3n) is 7.46. The van der Waals surface area contributed by atoms with E-state index in [0.29, 0.717) is 16.9 Å². The predicted octanol–water partition coefficient (Wildman–Crippen LogP) is 4.01. The fraction of sp³-hybridized carbons (Fsp3) is 0.679. The Morgan fingerprint density at radius 1 is 0.806 bits per heavy atom. The molecule has 202 valence electrons. The van der Waals surface area contributed by atoms with E-state index in [-0.39, 0.29) is 35.6 Å². The summed E-state index contributed by atoms with van der Waals surface area (Å²) in [5, 5.41) is 10.9. The highest BCUT2D eigenvalue weighted by Gasteiger charge is 2.39. The zero-order valence-electron chi connectivity index (χ0n) is 23.3. The molecule has 0 amide bonds. The number of aliphatic hydroxyl groups is 1. The van der Waals surface area contributed by atoms with Crippen molar-refractivity contribution in [2.45, 2.75) is 100 Å². The molecule has 8 heteroatoms. The molecule has 1 heterocycles. The van der Waals surface area contributed by atoms with Gasteiger partial charge in [-0.05, 0) is 34.6 Å². The quantitative estimate of drug-likeness (QED) is 0.397. The molecule has 0 aromatic carbocycles. The molecule has 1 aromatic heterocycles. The summed E-state index contributed by atoms with van der Waals surface area (Å²) in [6.45, 7) is 16.1. The van der Waals surface area contributed by atoms with Gasteiger partial charge in [-0.2, -0.15) is 0 Å². The van der Waals surface area contributed by atoms with Crippen LogP contribution in [0.3, 0.4) is 0 Å².